The van der Waals surface area contributed by atoms with Gasteiger partial charge in [-0.1, -0.05) is 19.3 Å². The van der Waals surface area contributed by atoms with E-state index in [1.54, 1.807) is 0 Å². The smallest absolute Gasteiger partial charge is 0.188 e. The van der Waals surface area contributed by atoms with Gasteiger partial charge in [0.2, 0.25) is 0 Å². The summed E-state index contributed by atoms with van der Waals surface area (Å²) < 4.78 is 11.1. The molecule has 0 spiro atoms. The number of halogens is 1. The number of guanidine groups is 1. The van der Waals surface area contributed by atoms with Gasteiger partial charge in [-0.2, -0.15) is 0 Å². The number of morpholine rings is 1. The highest BCUT2D eigenvalue weighted by Crippen LogP contribution is 2.37. The molecule has 0 bridgehead atoms. The molecule has 2 heterocycles. The van der Waals surface area contributed by atoms with Gasteiger partial charge in [-0.05, 0) is 25.7 Å². The summed E-state index contributed by atoms with van der Waals surface area (Å²) in [6.07, 6.45) is 9.14. The number of nitrogens with zero attached hydrogens (tertiary/aromatic N) is 2. The fourth-order valence-corrected chi connectivity index (χ4v) is 4.23. The van der Waals surface area contributed by atoms with E-state index in [-0.39, 0.29) is 24.0 Å². The first-order chi connectivity index (χ1) is 11.8. The first kappa shape index (κ1) is 21.2. The van der Waals surface area contributed by atoms with Gasteiger partial charge in [-0.3, -0.25) is 9.89 Å². The van der Waals surface area contributed by atoms with Crippen molar-refractivity contribution in [2.75, 3.05) is 52.5 Å². The van der Waals surface area contributed by atoms with Crippen molar-refractivity contribution < 1.29 is 9.47 Å². The van der Waals surface area contributed by atoms with Crippen LogP contribution in [0.2, 0.25) is 0 Å². The standard InChI is InChI=1S/C18H34N4O2.HI/c19-17(20-13-16-5-4-10-24-16)21-14-18(6-2-1-3-7-18)15-22-8-11-23-12-9-22;/h16H,1-15H2,(H3,19,20,21);1H. The Morgan fingerprint density at radius 1 is 1.12 bits per heavy atom. The third-order valence-corrected chi connectivity index (χ3v) is 5.70. The Hall–Kier alpha value is -0.120. The molecule has 1 atom stereocenters. The molecule has 25 heavy (non-hydrogen) atoms. The van der Waals surface area contributed by atoms with Gasteiger partial charge < -0.3 is 20.5 Å². The highest BCUT2D eigenvalue weighted by Gasteiger charge is 2.34. The zero-order valence-electron chi connectivity index (χ0n) is 15.4. The summed E-state index contributed by atoms with van der Waals surface area (Å²) in [6, 6.07) is 0. The Bertz CT molecular complexity index is 404. The Morgan fingerprint density at radius 2 is 1.88 bits per heavy atom. The Kier molecular flexibility index (Phi) is 9.23. The normalized spacial score (nSPS) is 27.7. The fraction of sp³-hybridized carbons (Fsp3) is 0.944. The van der Waals surface area contributed by atoms with E-state index in [2.05, 4.69) is 10.2 Å². The first-order valence-electron chi connectivity index (χ1n) is 9.71. The van der Waals surface area contributed by atoms with Crippen LogP contribution in [-0.4, -0.2) is 69.5 Å². The molecule has 7 heteroatoms. The number of ether oxygens (including phenoxy) is 2. The van der Waals surface area contributed by atoms with E-state index in [0.29, 0.717) is 17.5 Å². The molecule has 2 saturated heterocycles. The molecule has 0 aromatic heterocycles. The average molecular weight is 466 g/mol. The van der Waals surface area contributed by atoms with Crippen molar-refractivity contribution in [1.82, 2.24) is 10.2 Å². The third kappa shape index (κ3) is 6.84. The van der Waals surface area contributed by atoms with E-state index in [1.165, 1.54) is 32.1 Å². The Balaban J connectivity index is 0.00000225. The maximum Gasteiger partial charge on any atom is 0.188 e. The zero-order valence-corrected chi connectivity index (χ0v) is 17.7. The van der Waals surface area contributed by atoms with Crippen LogP contribution in [0, 0.1) is 5.41 Å². The number of nitrogens with two attached hydrogens (primary N) is 1. The third-order valence-electron chi connectivity index (χ3n) is 5.70. The highest BCUT2D eigenvalue weighted by molar-refractivity contribution is 14.0. The molecule has 3 aliphatic rings. The van der Waals surface area contributed by atoms with Crippen molar-refractivity contribution in [3.8, 4) is 0 Å². The summed E-state index contributed by atoms with van der Waals surface area (Å²) in [7, 11) is 0. The average Bonchev–Trinajstić information content (AvgIpc) is 3.14. The molecular weight excluding hydrogens is 431 g/mol. The second-order valence-corrected chi connectivity index (χ2v) is 7.67. The number of aliphatic imine (C=N–C) groups is 1. The minimum absolute atomic E-state index is 0. The highest BCUT2D eigenvalue weighted by atomic mass is 127. The van der Waals surface area contributed by atoms with Crippen LogP contribution in [0.4, 0.5) is 0 Å². The molecule has 6 nitrogen and oxygen atoms in total. The summed E-state index contributed by atoms with van der Waals surface area (Å²) in [5.41, 5.74) is 6.41. The molecule has 146 valence electrons. The van der Waals surface area contributed by atoms with Crippen molar-refractivity contribution in [1.29, 1.82) is 0 Å². The van der Waals surface area contributed by atoms with E-state index in [1.807, 2.05) is 0 Å². The quantitative estimate of drug-likeness (QED) is 0.356. The molecule has 0 aromatic carbocycles. The van der Waals surface area contributed by atoms with Gasteiger partial charge in [0.15, 0.2) is 5.96 Å². The minimum atomic E-state index is 0. The van der Waals surface area contributed by atoms with E-state index in [4.69, 9.17) is 20.2 Å². The molecule has 1 saturated carbocycles. The van der Waals surface area contributed by atoms with Gasteiger partial charge in [0.1, 0.15) is 0 Å². The summed E-state index contributed by atoms with van der Waals surface area (Å²) in [4.78, 5) is 7.27. The molecule has 3 rings (SSSR count). The van der Waals surface area contributed by atoms with Crippen molar-refractivity contribution in [2.45, 2.75) is 51.0 Å². The predicted octanol–water partition coefficient (Wildman–Crippen LogP) is 1.97. The Labute approximate surface area is 169 Å². The lowest BCUT2D eigenvalue weighted by molar-refractivity contribution is 0.00938. The van der Waals surface area contributed by atoms with Crippen LogP contribution in [0.25, 0.3) is 0 Å². The summed E-state index contributed by atoms with van der Waals surface area (Å²) in [5.74, 6) is 0.581. The van der Waals surface area contributed by atoms with Crippen molar-refractivity contribution >= 4 is 29.9 Å². The maximum absolute atomic E-state index is 6.11. The molecule has 0 aromatic rings. The monoisotopic (exact) mass is 466 g/mol. The molecule has 3 fully saturated rings. The van der Waals surface area contributed by atoms with Gasteiger partial charge in [0.05, 0.1) is 19.3 Å². The summed E-state index contributed by atoms with van der Waals surface area (Å²) in [5, 5.41) is 3.25. The van der Waals surface area contributed by atoms with Crippen LogP contribution >= 0.6 is 24.0 Å². The van der Waals surface area contributed by atoms with Gasteiger partial charge >= 0.3 is 0 Å². The molecule has 1 unspecified atom stereocenters. The van der Waals surface area contributed by atoms with Gasteiger partial charge in [0.25, 0.3) is 0 Å². The number of hydrogen-bond donors (Lipinski definition) is 2. The summed E-state index contributed by atoms with van der Waals surface area (Å²) in [6.45, 7) is 7.48. The summed E-state index contributed by atoms with van der Waals surface area (Å²) >= 11 is 0. The second kappa shape index (κ2) is 10.9. The number of rotatable bonds is 6. The molecule has 2 aliphatic heterocycles. The topological polar surface area (TPSA) is 72.1 Å². The van der Waals surface area contributed by atoms with Gasteiger partial charge in [0, 0.05) is 44.7 Å². The maximum atomic E-state index is 6.11. The van der Waals surface area contributed by atoms with E-state index in [9.17, 15) is 0 Å². The van der Waals surface area contributed by atoms with Gasteiger partial charge in [-0.15, -0.1) is 24.0 Å². The van der Waals surface area contributed by atoms with Crippen LogP contribution < -0.4 is 11.1 Å². The zero-order chi connectivity index (χ0) is 16.7. The van der Waals surface area contributed by atoms with Crippen molar-refractivity contribution in [3.05, 3.63) is 0 Å². The second-order valence-electron chi connectivity index (χ2n) is 7.67. The van der Waals surface area contributed by atoms with E-state index < -0.39 is 0 Å². The van der Waals surface area contributed by atoms with E-state index in [0.717, 1.165) is 65.4 Å². The predicted molar refractivity (Wildman–Crippen MR) is 112 cm³/mol. The molecule has 1 aliphatic carbocycles. The van der Waals surface area contributed by atoms with E-state index >= 15 is 0 Å². The lowest BCUT2D eigenvalue weighted by atomic mass is 9.73. The molecule has 3 N–H and O–H groups in total. The van der Waals surface area contributed by atoms with Crippen LogP contribution in [-0.2, 0) is 9.47 Å². The number of nitrogens with one attached hydrogen (secondary N) is 1. The lowest BCUT2D eigenvalue weighted by Crippen LogP contribution is -2.46. The SMILES string of the molecule is I.NC(=NCC1(CN2CCOCC2)CCCCC1)NCC1CCCO1. The van der Waals surface area contributed by atoms with Gasteiger partial charge in [-0.25, -0.2) is 0 Å². The first-order valence-corrected chi connectivity index (χ1v) is 9.71. The van der Waals surface area contributed by atoms with Crippen molar-refractivity contribution in [3.63, 3.8) is 0 Å². The molecule has 0 amide bonds. The fourth-order valence-electron chi connectivity index (χ4n) is 4.23. The van der Waals surface area contributed by atoms with Crippen LogP contribution in [0.5, 0.6) is 0 Å². The molecular formula is C18H35IN4O2. The number of hydrogen-bond acceptors (Lipinski definition) is 4. The van der Waals surface area contributed by atoms with Crippen molar-refractivity contribution in [2.24, 2.45) is 16.1 Å². The Morgan fingerprint density at radius 3 is 2.56 bits per heavy atom. The van der Waals surface area contributed by atoms with Crippen LogP contribution in [0.3, 0.4) is 0 Å². The lowest BCUT2D eigenvalue weighted by Gasteiger charge is -2.41. The largest absolute Gasteiger partial charge is 0.379 e. The van der Waals surface area contributed by atoms with Crippen LogP contribution in [0.1, 0.15) is 44.9 Å². The minimum Gasteiger partial charge on any atom is -0.379 e. The molecule has 0 radical (unpaired) electrons. The van der Waals surface area contributed by atoms with Crippen LogP contribution in [0.15, 0.2) is 4.99 Å².